The zero-order chi connectivity index (χ0) is 32.6. The lowest BCUT2D eigenvalue weighted by Crippen LogP contribution is -2.47. The number of carbonyl (C=O) groups excluding carboxylic acids is 2. The highest BCUT2D eigenvalue weighted by Crippen LogP contribution is 2.18. The summed E-state index contributed by atoms with van der Waals surface area (Å²) < 4.78 is 0. The van der Waals surface area contributed by atoms with Crippen molar-refractivity contribution in [3.63, 3.8) is 0 Å². The number of aromatic nitrogens is 4. The fourth-order valence-corrected chi connectivity index (χ4v) is 4.41. The second-order valence-electron chi connectivity index (χ2n) is 9.70. The molecule has 10 N–H and O–H groups in total. The number of anilines is 2. The molecule has 0 aliphatic heterocycles. The van der Waals surface area contributed by atoms with E-state index in [1.165, 1.54) is 18.3 Å². The van der Waals surface area contributed by atoms with Crippen molar-refractivity contribution in [1.29, 1.82) is 0 Å². The van der Waals surface area contributed by atoms with Crippen LogP contribution in [0.1, 0.15) is 35.3 Å². The predicted molar refractivity (Wildman–Crippen MR) is 155 cm³/mol. The van der Waals surface area contributed by atoms with Gasteiger partial charge in [-0.05, 0) is 37.0 Å². The van der Waals surface area contributed by atoms with E-state index in [2.05, 4.69) is 31.2 Å². The van der Waals surface area contributed by atoms with Gasteiger partial charge in [0.05, 0.1) is 29.9 Å². The molecule has 0 aromatic carbocycles. The molecule has 3 atom stereocenters. The van der Waals surface area contributed by atoms with E-state index in [1.807, 2.05) is 0 Å². The number of fused-ring (bicyclic) bond motifs is 1. The average Bonchev–Trinajstić information content (AvgIpc) is 3.38. The van der Waals surface area contributed by atoms with E-state index in [0.717, 1.165) is 0 Å². The fraction of sp³-hybridized carbons (Fsp3) is 0.333. The predicted octanol–water partition coefficient (Wildman–Crippen LogP) is -1.05. The molecule has 3 aromatic rings. The van der Waals surface area contributed by atoms with Crippen molar-refractivity contribution in [3.05, 3.63) is 46.1 Å². The minimum atomic E-state index is -1.91. The molecule has 1 amide bonds. The van der Waals surface area contributed by atoms with E-state index >= 15 is 0 Å². The second kappa shape index (κ2) is 14.4. The first-order valence-electron chi connectivity index (χ1n) is 13.1. The number of hydrogen-bond acceptors (Lipinski definition) is 11. The van der Waals surface area contributed by atoms with Crippen LogP contribution in [0.15, 0.2) is 29.3 Å². The quantitative estimate of drug-likeness (QED) is 0.0709. The number of nitrogen functional groups attached to an aromatic ring is 1. The van der Waals surface area contributed by atoms with Crippen molar-refractivity contribution in [2.75, 3.05) is 23.7 Å². The summed E-state index contributed by atoms with van der Waals surface area (Å²) in [4.78, 5) is 87.6. The molecule has 17 heteroatoms. The highest BCUT2D eigenvalue weighted by Gasteiger charge is 2.36. The standard InChI is InChI=1S/C27H30N8O9/c1-2-8-35(9-7-13-11-31-22-20(13)24(40)34-27(29)33-22)14-3-4-18(30-12-14)23(39)32-17(5-6-19(36)37)21(38)15(25(41)42)10-16(28)26(43)44/h1,3-4,11-12,15-17H,5-10,28H2,(H,32,39)(H,36,37)(H,41,42)(H,43,44)(H4,29,31,33,34,40)/t15?,16-,17-/m0/s1. The Labute approximate surface area is 248 Å². The van der Waals surface area contributed by atoms with Crippen LogP contribution >= 0.6 is 0 Å². The normalized spacial score (nSPS) is 12.9. The van der Waals surface area contributed by atoms with Crippen LogP contribution in [0.2, 0.25) is 0 Å². The molecular weight excluding hydrogens is 580 g/mol. The molecular formula is C27H30N8O9. The van der Waals surface area contributed by atoms with E-state index in [1.54, 1.807) is 11.1 Å². The number of H-pyrrole nitrogens is 2. The summed E-state index contributed by atoms with van der Waals surface area (Å²) in [5.74, 6) is -5.92. The number of rotatable bonds is 16. The Morgan fingerprint density at radius 3 is 2.45 bits per heavy atom. The lowest BCUT2D eigenvalue weighted by atomic mass is 9.89. The molecule has 232 valence electrons. The number of Topliss-reactive ketones (excluding diaryl/α,β-unsaturated/α-hetero) is 1. The van der Waals surface area contributed by atoms with Gasteiger partial charge in [-0.2, -0.15) is 4.98 Å². The fourth-order valence-electron chi connectivity index (χ4n) is 4.41. The Morgan fingerprint density at radius 2 is 1.86 bits per heavy atom. The van der Waals surface area contributed by atoms with E-state index in [4.69, 9.17) is 28.1 Å². The monoisotopic (exact) mass is 610 g/mol. The minimum Gasteiger partial charge on any atom is -0.481 e. The SMILES string of the molecule is C#CCN(CCc1c[nH]c2nc(N)[nH]c(=O)c12)c1ccc(C(=O)N[C@@H](CCC(=O)O)C(=O)C(C[C@H](N)C(=O)O)C(=O)O)nc1. The van der Waals surface area contributed by atoms with E-state index in [9.17, 15) is 33.9 Å². The molecule has 0 saturated carbocycles. The van der Waals surface area contributed by atoms with Gasteiger partial charge in [-0.3, -0.25) is 33.8 Å². The van der Waals surface area contributed by atoms with Crippen LogP contribution in [-0.2, 0) is 25.6 Å². The molecule has 44 heavy (non-hydrogen) atoms. The minimum absolute atomic E-state index is 0.0262. The Balaban J connectivity index is 1.76. The number of aliphatic carboxylic acids is 3. The molecule has 0 saturated heterocycles. The highest BCUT2D eigenvalue weighted by molar-refractivity contribution is 6.04. The van der Waals surface area contributed by atoms with Crippen molar-refractivity contribution in [2.45, 2.75) is 37.8 Å². The molecule has 0 bridgehead atoms. The van der Waals surface area contributed by atoms with Gasteiger partial charge in [0, 0.05) is 19.2 Å². The Morgan fingerprint density at radius 1 is 1.14 bits per heavy atom. The first-order valence-corrected chi connectivity index (χ1v) is 13.1. The number of aromatic amines is 2. The molecule has 0 fully saturated rings. The number of carboxylic acids is 3. The number of hydrogen-bond donors (Lipinski definition) is 8. The van der Waals surface area contributed by atoms with Crippen LogP contribution < -0.4 is 27.2 Å². The third-order valence-corrected chi connectivity index (χ3v) is 6.66. The summed E-state index contributed by atoms with van der Waals surface area (Å²) in [6.45, 7) is 0.493. The van der Waals surface area contributed by atoms with E-state index in [-0.39, 0.29) is 18.2 Å². The van der Waals surface area contributed by atoms with Gasteiger partial charge < -0.3 is 42.0 Å². The molecule has 3 aromatic heterocycles. The van der Waals surface area contributed by atoms with Gasteiger partial charge in [0.25, 0.3) is 11.5 Å². The van der Waals surface area contributed by atoms with Crippen LogP contribution in [0, 0.1) is 18.3 Å². The van der Waals surface area contributed by atoms with Gasteiger partial charge in [-0.25, -0.2) is 4.98 Å². The highest BCUT2D eigenvalue weighted by atomic mass is 16.4. The van der Waals surface area contributed by atoms with Crippen molar-refractivity contribution in [1.82, 2.24) is 25.3 Å². The van der Waals surface area contributed by atoms with Crippen LogP contribution in [0.3, 0.4) is 0 Å². The maximum atomic E-state index is 13.0. The lowest BCUT2D eigenvalue weighted by molar-refractivity contribution is -0.148. The molecule has 17 nitrogen and oxygen atoms in total. The van der Waals surface area contributed by atoms with Crippen molar-refractivity contribution >= 4 is 52.3 Å². The number of pyridine rings is 1. The van der Waals surface area contributed by atoms with Crippen LogP contribution in [0.4, 0.5) is 11.6 Å². The van der Waals surface area contributed by atoms with Crippen LogP contribution in [0.25, 0.3) is 11.0 Å². The smallest absolute Gasteiger partial charge is 0.320 e. The maximum absolute atomic E-state index is 13.0. The first kappa shape index (κ1) is 32.8. The summed E-state index contributed by atoms with van der Waals surface area (Å²) in [7, 11) is 0. The molecule has 0 aliphatic carbocycles. The van der Waals surface area contributed by atoms with Crippen molar-refractivity contribution in [2.24, 2.45) is 11.7 Å². The topological polar surface area (TPSA) is 288 Å². The summed E-state index contributed by atoms with van der Waals surface area (Å²) in [5, 5.41) is 30.3. The zero-order valence-electron chi connectivity index (χ0n) is 23.1. The molecule has 3 heterocycles. The first-order chi connectivity index (χ1) is 20.8. The molecule has 1 unspecified atom stereocenters. The summed E-state index contributed by atoms with van der Waals surface area (Å²) in [5.41, 5.74) is 11.9. The number of terminal acetylenes is 1. The summed E-state index contributed by atoms with van der Waals surface area (Å²) in [6, 6.07) is -0.401. The maximum Gasteiger partial charge on any atom is 0.320 e. The summed E-state index contributed by atoms with van der Waals surface area (Å²) in [6.07, 6.45) is 7.08. The largest absolute Gasteiger partial charge is 0.481 e. The number of nitrogens with zero attached hydrogens (tertiary/aromatic N) is 3. The van der Waals surface area contributed by atoms with E-state index < -0.39 is 72.4 Å². The Bertz CT molecular complexity index is 1660. The summed E-state index contributed by atoms with van der Waals surface area (Å²) >= 11 is 0. The molecule has 0 aliphatic rings. The molecule has 0 radical (unpaired) electrons. The van der Waals surface area contributed by atoms with Gasteiger partial charge in [-0.1, -0.05) is 5.92 Å². The third-order valence-electron chi connectivity index (χ3n) is 6.66. The van der Waals surface area contributed by atoms with Crippen molar-refractivity contribution in [3.8, 4) is 12.3 Å². The number of amides is 1. The van der Waals surface area contributed by atoms with Gasteiger partial charge in [0.15, 0.2) is 5.78 Å². The van der Waals surface area contributed by atoms with Gasteiger partial charge in [0.1, 0.15) is 23.3 Å². The number of ketones is 1. The Kier molecular flexibility index (Phi) is 10.7. The third kappa shape index (κ3) is 8.17. The lowest BCUT2D eigenvalue weighted by Gasteiger charge is -2.23. The molecule has 0 spiro atoms. The number of nitrogens with two attached hydrogens (primary N) is 2. The second-order valence-corrected chi connectivity index (χ2v) is 9.70. The van der Waals surface area contributed by atoms with Gasteiger partial charge in [0.2, 0.25) is 5.95 Å². The van der Waals surface area contributed by atoms with E-state index in [0.29, 0.717) is 35.2 Å². The number of nitrogens with one attached hydrogen (secondary N) is 3. The van der Waals surface area contributed by atoms with Crippen LogP contribution in [-0.4, -0.2) is 90.0 Å². The number of carbonyl (C=O) groups is 5. The van der Waals surface area contributed by atoms with Gasteiger partial charge in [-0.15, -0.1) is 6.42 Å². The van der Waals surface area contributed by atoms with Crippen molar-refractivity contribution < 1.29 is 39.3 Å². The average molecular weight is 611 g/mol. The molecule has 3 rings (SSSR count). The Hall–Kier alpha value is -5.76. The zero-order valence-corrected chi connectivity index (χ0v) is 23.1. The van der Waals surface area contributed by atoms with Crippen LogP contribution in [0.5, 0.6) is 0 Å². The number of carboxylic acid groups (broad SMARTS) is 3. The van der Waals surface area contributed by atoms with Gasteiger partial charge >= 0.3 is 17.9 Å².